The van der Waals surface area contributed by atoms with Crippen LogP contribution >= 0.6 is 12.4 Å². The molecule has 0 aliphatic heterocycles. The van der Waals surface area contributed by atoms with Crippen molar-refractivity contribution in [1.82, 2.24) is 4.98 Å². The molecule has 7 heteroatoms. The van der Waals surface area contributed by atoms with Gasteiger partial charge >= 0.3 is 29.2 Å². The van der Waals surface area contributed by atoms with E-state index >= 15 is 0 Å². The van der Waals surface area contributed by atoms with Crippen LogP contribution in [-0.2, 0) is 6.18 Å². The molecule has 1 aromatic heterocycles. The van der Waals surface area contributed by atoms with E-state index in [0.29, 0.717) is 0 Å². The zero-order valence-corrected chi connectivity index (χ0v) is 10.1. The smallest absolute Gasteiger partial charge is 1.00 e. The number of pyridine rings is 1. The summed E-state index contributed by atoms with van der Waals surface area (Å²) < 4.78 is 35.9. The fourth-order valence-electron chi connectivity index (χ4n) is 0.770. The van der Waals surface area contributed by atoms with E-state index in [1.165, 1.54) is 6.92 Å². The van der Waals surface area contributed by atoms with Gasteiger partial charge in [0.15, 0.2) is 5.78 Å². The van der Waals surface area contributed by atoms with E-state index in [1.807, 2.05) is 0 Å². The third-order valence-corrected chi connectivity index (χ3v) is 1.46. The molecule has 1 rings (SSSR count). The number of halogens is 4. The second-order valence-corrected chi connectivity index (χ2v) is 2.49. The largest absolute Gasteiger partial charge is 2.00 e. The quantitative estimate of drug-likeness (QED) is 0.567. The molecule has 0 amide bonds. The first-order valence-electron chi connectivity index (χ1n) is 3.45. The molecule has 0 spiro atoms. The Hall–Kier alpha value is -0.334. The van der Waals surface area contributed by atoms with Crippen molar-refractivity contribution >= 4 is 41.2 Å². The predicted molar refractivity (Wildman–Crippen MR) is 54.5 cm³/mol. The number of rotatable bonds is 1. The van der Waals surface area contributed by atoms with Gasteiger partial charge in [0.25, 0.3) is 0 Å². The van der Waals surface area contributed by atoms with Crippen molar-refractivity contribution in [2.24, 2.45) is 0 Å². The summed E-state index contributed by atoms with van der Waals surface area (Å²) in [6, 6.07) is 1.90. The van der Waals surface area contributed by atoms with Crippen molar-refractivity contribution in [3.8, 4) is 0 Å². The molecule has 2 nitrogen and oxygen atoms in total. The first-order chi connectivity index (χ1) is 5.91. The van der Waals surface area contributed by atoms with Gasteiger partial charge in [-0.15, -0.1) is 12.4 Å². The summed E-state index contributed by atoms with van der Waals surface area (Å²) in [6.07, 6.45) is -3.53. The number of hydrogen-bond donors (Lipinski definition) is 0. The van der Waals surface area contributed by atoms with Crippen LogP contribution in [-0.4, -0.2) is 33.8 Å². The minimum atomic E-state index is -4.45. The maximum Gasteiger partial charge on any atom is 2.00 e. The van der Waals surface area contributed by atoms with Gasteiger partial charge in [-0.25, -0.2) is 0 Å². The van der Waals surface area contributed by atoms with Crippen molar-refractivity contribution in [3.63, 3.8) is 0 Å². The summed E-state index contributed by atoms with van der Waals surface area (Å²) in [4.78, 5) is 13.8. The zero-order valence-electron chi connectivity index (χ0n) is 9.84. The van der Waals surface area contributed by atoms with Gasteiger partial charge in [-0.3, -0.25) is 9.78 Å². The zero-order chi connectivity index (χ0) is 10.1. The van der Waals surface area contributed by atoms with E-state index in [2.05, 4.69) is 4.98 Å². The Labute approximate surface area is 110 Å². The Kier molecular flexibility index (Phi) is 7.16. The molecule has 0 aliphatic rings. The van der Waals surface area contributed by atoms with E-state index < -0.39 is 11.9 Å². The summed E-state index contributed by atoms with van der Waals surface area (Å²) >= 11 is 0. The maximum atomic E-state index is 12.0. The van der Waals surface area contributed by atoms with Crippen LogP contribution in [0.1, 0.15) is 25.8 Å². The molecule has 82 valence electrons. The number of carbonyl (C=O) groups is 1. The van der Waals surface area contributed by atoms with E-state index in [4.69, 9.17) is 0 Å². The fraction of sp³-hybridized carbons (Fsp3) is 0.250. The van der Waals surface area contributed by atoms with Crippen molar-refractivity contribution in [3.05, 3.63) is 29.6 Å². The molecule has 1 aromatic rings. The van der Waals surface area contributed by atoms with Gasteiger partial charge in [0.05, 0.1) is 0 Å². The summed E-state index contributed by atoms with van der Waals surface area (Å²) in [5.74, 6) is -0.304. The number of carbonyl (C=O) groups excluding carboxylic acids is 1. The van der Waals surface area contributed by atoms with Gasteiger partial charge in [-0.2, -0.15) is 13.2 Å². The third-order valence-electron chi connectivity index (χ3n) is 1.46. The monoisotopic (exact) mass is 251 g/mol. The van der Waals surface area contributed by atoms with Crippen LogP contribution in [0.3, 0.4) is 0 Å². The number of ketones is 1. The van der Waals surface area contributed by atoms with Crippen LogP contribution in [0.4, 0.5) is 13.2 Å². The second kappa shape index (κ2) is 6.29. The number of aromatic nitrogens is 1. The first kappa shape index (κ1) is 17.1. The van der Waals surface area contributed by atoms with Crippen molar-refractivity contribution < 1.29 is 20.8 Å². The molecule has 0 saturated heterocycles. The standard InChI is InChI=1S/C8H6F3NO.ClH.Mg.2H/c1-5(13)6-2-3-7(12-4-6)8(9,10)11;;;;/h2-4H,1H3;1H;;;/q;;+2;2*-1. The van der Waals surface area contributed by atoms with Crippen LogP contribution in [0.15, 0.2) is 18.3 Å². The molecular formula is C8H9ClF3MgNO. The van der Waals surface area contributed by atoms with Gasteiger partial charge in [0.1, 0.15) is 5.69 Å². The maximum absolute atomic E-state index is 12.0. The Morgan fingerprint density at radius 2 is 1.93 bits per heavy atom. The molecular weight excluding hydrogens is 243 g/mol. The van der Waals surface area contributed by atoms with Crippen molar-refractivity contribution in [1.29, 1.82) is 0 Å². The van der Waals surface area contributed by atoms with E-state index in [9.17, 15) is 18.0 Å². The number of hydrogen-bond acceptors (Lipinski definition) is 2. The molecule has 0 aromatic carbocycles. The summed E-state index contributed by atoms with van der Waals surface area (Å²) in [6.45, 7) is 1.27. The van der Waals surface area contributed by atoms with Crippen LogP contribution in [0.2, 0.25) is 0 Å². The van der Waals surface area contributed by atoms with Gasteiger partial charge < -0.3 is 2.85 Å². The fourth-order valence-corrected chi connectivity index (χ4v) is 0.770. The van der Waals surface area contributed by atoms with Crippen LogP contribution < -0.4 is 0 Å². The Morgan fingerprint density at radius 3 is 2.20 bits per heavy atom. The average molecular weight is 252 g/mol. The number of Topliss-reactive ketones (excluding diaryl/α,β-unsaturated/α-hetero) is 1. The molecule has 0 bridgehead atoms. The van der Waals surface area contributed by atoms with Gasteiger partial charge in [0.2, 0.25) is 0 Å². The summed E-state index contributed by atoms with van der Waals surface area (Å²) in [5, 5.41) is 0. The van der Waals surface area contributed by atoms with Crippen molar-refractivity contribution in [2.45, 2.75) is 13.1 Å². The first-order valence-corrected chi connectivity index (χ1v) is 3.45. The number of nitrogens with zero attached hydrogens (tertiary/aromatic N) is 1. The normalized spacial score (nSPS) is 9.87. The van der Waals surface area contributed by atoms with Gasteiger partial charge in [0, 0.05) is 11.8 Å². The molecule has 0 fully saturated rings. The summed E-state index contributed by atoms with van der Waals surface area (Å²) in [7, 11) is 0. The van der Waals surface area contributed by atoms with Crippen LogP contribution in [0, 0.1) is 0 Å². The SMILES string of the molecule is CC(=O)c1ccc(C(F)(F)F)nc1.Cl.[H-].[H-].[Mg+2]. The third kappa shape index (κ3) is 4.81. The Balaban J connectivity index is -0.000000211. The molecule has 1 heterocycles. The molecule has 0 aliphatic carbocycles. The van der Waals surface area contributed by atoms with Crippen molar-refractivity contribution in [2.75, 3.05) is 0 Å². The van der Waals surface area contributed by atoms with Crippen LogP contribution in [0.5, 0.6) is 0 Å². The average Bonchev–Trinajstić information content (AvgIpc) is 2.03. The Morgan fingerprint density at radius 1 is 1.40 bits per heavy atom. The minimum absolute atomic E-state index is 0. The molecule has 0 saturated carbocycles. The predicted octanol–water partition coefficient (Wildman–Crippen LogP) is 2.57. The van der Waals surface area contributed by atoms with E-state index in [-0.39, 0.29) is 49.7 Å². The Bertz CT molecular complexity index is 335. The van der Waals surface area contributed by atoms with Gasteiger partial charge in [-0.05, 0) is 19.1 Å². The van der Waals surface area contributed by atoms with E-state index in [0.717, 1.165) is 18.3 Å². The topological polar surface area (TPSA) is 30.0 Å². The molecule has 0 N–H and O–H groups in total. The molecule has 0 unspecified atom stereocenters. The molecule has 0 atom stereocenters. The summed E-state index contributed by atoms with van der Waals surface area (Å²) in [5.41, 5.74) is -0.814. The molecule has 15 heavy (non-hydrogen) atoms. The molecule has 0 radical (unpaired) electrons. The van der Waals surface area contributed by atoms with E-state index in [1.54, 1.807) is 0 Å². The van der Waals surface area contributed by atoms with Gasteiger partial charge in [-0.1, -0.05) is 0 Å². The minimum Gasteiger partial charge on any atom is -1.00 e. The second-order valence-electron chi connectivity index (χ2n) is 2.49. The number of alkyl halides is 3. The van der Waals surface area contributed by atoms with Crippen LogP contribution in [0.25, 0.3) is 0 Å².